The first-order valence-electron chi connectivity index (χ1n) is 5.34. The van der Waals surface area contributed by atoms with E-state index < -0.39 is 0 Å². The van der Waals surface area contributed by atoms with Crippen molar-refractivity contribution in [3.8, 4) is 0 Å². The molecule has 0 fully saturated rings. The lowest BCUT2D eigenvalue weighted by Crippen LogP contribution is -2.42. The van der Waals surface area contributed by atoms with Crippen LogP contribution in [0.1, 0.15) is 33.0 Å². The minimum absolute atomic E-state index is 0.299. The van der Waals surface area contributed by atoms with E-state index in [2.05, 4.69) is 15.4 Å². The molecule has 16 heavy (non-hydrogen) atoms. The number of aryl methyl sites for hydroxylation is 1. The SMILES string of the molecule is CCn1ncnc1CNC(C)(C)CC(N)=O. The summed E-state index contributed by atoms with van der Waals surface area (Å²) in [6, 6.07) is 0. The largest absolute Gasteiger partial charge is 0.370 e. The van der Waals surface area contributed by atoms with Crippen molar-refractivity contribution in [2.24, 2.45) is 5.73 Å². The van der Waals surface area contributed by atoms with Crippen molar-refractivity contribution < 1.29 is 4.79 Å². The molecule has 0 aliphatic heterocycles. The van der Waals surface area contributed by atoms with Crippen LogP contribution < -0.4 is 11.1 Å². The fourth-order valence-corrected chi connectivity index (χ4v) is 1.51. The summed E-state index contributed by atoms with van der Waals surface area (Å²) >= 11 is 0. The Hall–Kier alpha value is -1.43. The van der Waals surface area contributed by atoms with Crippen LogP contribution in [0.4, 0.5) is 0 Å². The smallest absolute Gasteiger partial charge is 0.219 e. The third-order valence-corrected chi connectivity index (χ3v) is 2.34. The number of amides is 1. The summed E-state index contributed by atoms with van der Waals surface area (Å²) in [7, 11) is 0. The molecule has 0 saturated heterocycles. The zero-order chi connectivity index (χ0) is 12.2. The van der Waals surface area contributed by atoms with Crippen molar-refractivity contribution in [1.29, 1.82) is 0 Å². The predicted molar refractivity (Wildman–Crippen MR) is 60.4 cm³/mol. The standard InChI is InChI=1S/C10H19N5O/c1-4-15-9(12-7-14-15)6-13-10(2,3)5-8(11)16/h7,13H,4-6H2,1-3H3,(H2,11,16). The number of nitrogens with zero attached hydrogens (tertiary/aromatic N) is 3. The number of carbonyl (C=O) groups is 1. The summed E-state index contributed by atoms with van der Waals surface area (Å²) in [5, 5.41) is 7.31. The maximum Gasteiger partial charge on any atom is 0.219 e. The first kappa shape index (κ1) is 12.6. The van der Waals surface area contributed by atoms with Crippen molar-refractivity contribution in [2.75, 3.05) is 0 Å². The number of nitrogens with one attached hydrogen (secondary N) is 1. The molecule has 6 heteroatoms. The summed E-state index contributed by atoms with van der Waals surface area (Å²) in [5.41, 5.74) is 4.85. The van der Waals surface area contributed by atoms with Crippen LogP contribution in [-0.2, 0) is 17.9 Å². The summed E-state index contributed by atoms with van der Waals surface area (Å²) in [6.45, 7) is 7.24. The molecule has 1 amide bonds. The fraction of sp³-hybridized carbons (Fsp3) is 0.700. The molecule has 0 unspecified atom stereocenters. The number of nitrogens with two attached hydrogens (primary N) is 1. The van der Waals surface area contributed by atoms with E-state index in [-0.39, 0.29) is 11.4 Å². The third kappa shape index (κ3) is 3.62. The van der Waals surface area contributed by atoms with Crippen LogP contribution in [0.15, 0.2) is 6.33 Å². The highest BCUT2D eigenvalue weighted by Gasteiger charge is 2.20. The van der Waals surface area contributed by atoms with Gasteiger partial charge in [-0.2, -0.15) is 5.10 Å². The highest BCUT2D eigenvalue weighted by Crippen LogP contribution is 2.08. The Morgan fingerprint density at radius 3 is 2.88 bits per heavy atom. The number of rotatable bonds is 6. The number of hydrogen-bond acceptors (Lipinski definition) is 4. The third-order valence-electron chi connectivity index (χ3n) is 2.34. The molecule has 1 heterocycles. The first-order valence-corrected chi connectivity index (χ1v) is 5.34. The van der Waals surface area contributed by atoms with Gasteiger partial charge in [-0.3, -0.25) is 4.79 Å². The van der Waals surface area contributed by atoms with Crippen LogP contribution in [0.2, 0.25) is 0 Å². The van der Waals surface area contributed by atoms with Crippen molar-refractivity contribution in [3.63, 3.8) is 0 Å². The Balaban J connectivity index is 2.53. The Bertz CT molecular complexity index is 358. The topological polar surface area (TPSA) is 85.8 Å². The monoisotopic (exact) mass is 225 g/mol. The molecule has 0 spiro atoms. The molecular formula is C10H19N5O. The molecule has 0 aliphatic carbocycles. The van der Waals surface area contributed by atoms with Crippen LogP contribution in [-0.4, -0.2) is 26.2 Å². The summed E-state index contributed by atoms with van der Waals surface area (Å²) in [4.78, 5) is 15.0. The van der Waals surface area contributed by atoms with Crippen molar-refractivity contribution >= 4 is 5.91 Å². The molecule has 1 rings (SSSR count). The number of hydrogen-bond donors (Lipinski definition) is 2. The second-order valence-electron chi connectivity index (χ2n) is 4.37. The van der Waals surface area contributed by atoms with Gasteiger partial charge in [0.05, 0.1) is 6.54 Å². The average Bonchev–Trinajstić information content (AvgIpc) is 2.59. The minimum Gasteiger partial charge on any atom is -0.370 e. The molecule has 1 aromatic rings. The Morgan fingerprint density at radius 1 is 1.62 bits per heavy atom. The van der Waals surface area contributed by atoms with Gasteiger partial charge in [0.1, 0.15) is 12.2 Å². The molecule has 0 atom stereocenters. The van der Waals surface area contributed by atoms with E-state index in [9.17, 15) is 4.79 Å². The van der Waals surface area contributed by atoms with Gasteiger partial charge in [0.15, 0.2) is 0 Å². The van der Waals surface area contributed by atoms with E-state index in [1.165, 1.54) is 6.33 Å². The number of primary amides is 1. The summed E-state index contributed by atoms with van der Waals surface area (Å²) in [5.74, 6) is 0.550. The second kappa shape index (κ2) is 5.07. The van der Waals surface area contributed by atoms with E-state index >= 15 is 0 Å². The van der Waals surface area contributed by atoms with E-state index in [0.717, 1.165) is 12.4 Å². The number of aromatic nitrogens is 3. The normalized spacial score (nSPS) is 11.7. The quantitative estimate of drug-likeness (QED) is 0.716. The highest BCUT2D eigenvalue weighted by molar-refractivity contribution is 5.74. The zero-order valence-corrected chi connectivity index (χ0v) is 10.0. The molecule has 0 aliphatic rings. The molecule has 0 aromatic carbocycles. The van der Waals surface area contributed by atoms with Gasteiger partial charge in [-0.15, -0.1) is 0 Å². The summed E-state index contributed by atoms with van der Waals surface area (Å²) < 4.78 is 1.81. The first-order chi connectivity index (χ1) is 7.44. The van der Waals surface area contributed by atoms with Gasteiger partial charge in [0, 0.05) is 18.5 Å². The minimum atomic E-state index is -0.323. The average molecular weight is 225 g/mol. The van der Waals surface area contributed by atoms with Gasteiger partial charge in [0.2, 0.25) is 5.91 Å². The van der Waals surface area contributed by atoms with Crippen molar-refractivity contribution in [1.82, 2.24) is 20.1 Å². The van der Waals surface area contributed by atoms with Gasteiger partial charge in [0.25, 0.3) is 0 Å². The second-order valence-corrected chi connectivity index (χ2v) is 4.37. The van der Waals surface area contributed by atoms with Gasteiger partial charge in [-0.05, 0) is 20.8 Å². The maximum atomic E-state index is 10.8. The van der Waals surface area contributed by atoms with Crippen LogP contribution in [0, 0.1) is 0 Å². The van der Waals surface area contributed by atoms with Gasteiger partial charge in [-0.25, -0.2) is 9.67 Å². The molecule has 6 nitrogen and oxygen atoms in total. The Labute approximate surface area is 95.2 Å². The van der Waals surface area contributed by atoms with E-state index in [0.29, 0.717) is 13.0 Å². The van der Waals surface area contributed by atoms with Crippen molar-refractivity contribution in [2.45, 2.75) is 45.8 Å². The molecule has 1 aromatic heterocycles. The lowest BCUT2D eigenvalue weighted by atomic mass is 10.0. The molecular weight excluding hydrogens is 206 g/mol. The molecule has 0 radical (unpaired) electrons. The molecule has 90 valence electrons. The Kier molecular flexibility index (Phi) is 4.00. The maximum absolute atomic E-state index is 10.8. The van der Waals surface area contributed by atoms with Gasteiger partial charge >= 0.3 is 0 Å². The van der Waals surface area contributed by atoms with E-state index in [4.69, 9.17) is 5.73 Å². The highest BCUT2D eigenvalue weighted by atomic mass is 16.1. The van der Waals surface area contributed by atoms with Crippen molar-refractivity contribution in [3.05, 3.63) is 12.2 Å². The zero-order valence-electron chi connectivity index (χ0n) is 10.0. The van der Waals surface area contributed by atoms with Crippen LogP contribution in [0.25, 0.3) is 0 Å². The van der Waals surface area contributed by atoms with Crippen LogP contribution in [0.3, 0.4) is 0 Å². The van der Waals surface area contributed by atoms with Gasteiger partial charge < -0.3 is 11.1 Å². The van der Waals surface area contributed by atoms with E-state index in [1.54, 1.807) is 0 Å². The molecule has 0 saturated carbocycles. The molecule has 3 N–H and O–H groups in total. The fourth-order valence-electron chi connectivity index (χ4n) is 1.51. The molecule has 0 bridgehead atoms. The Morgan fingerprint density at radius 2 is 2.31 bits per heavy atom. The predicted octanol–water partition coefficient (Wildman–Crippen LogP) is 0.0416. The lowest BCUT2D eigenvalue weighted by Gasteiger charge is -2.24. The number of carbonyl (C=O) groups excluding carboxylic acids is 1. The van der Waals surface area contributed by atoms with E-state index in [1.807, 2.05) is 25.5 Å². The van der Waals surface area contributed by atoms with Gasteiger partial charge in [-0.1, -0.05) is 0 Å². The summed E-state index contributed by atoms with van der Waals surface area (Å²) in [6.07, 6.45) is 1.83. The van der Waals surface area contributed by atoms with Crippen LogP contribution >= 0.6 is 0 Å². The lowest BCUT2D eigenvalue weighted by molar-refractivity contribution is -0.119. The van der Waals surface area contributed by atoms with Crippen LogP contribution in [0.5, 0.6) is 0 Å².